The minimum absolute atomic E-state index is 0.506. The summed E-state index contributed by atoms with van der Waals surface area (Å²) >= 11 is 9.67. The maximum absolute atomic E-state index is 6.12. The van der Waals surface area contributed by atoms with Gasteiger partial charge in [-0.1, -0.05) is 24.6 Å². The van der Waals surface area contributed by atoms with Crippen molar-refractivity contribution < 1.29 is 0 Å². The lowest BCUT2D eigenvalue weighted by molar-refractivity contribution is 0.145. The number of hydrogen-bond acceptors (Lipinski definition) is 2. The van der Waals surface area contributed by atoms with Gasteiger partial charge in [-0.05, 0) is 54.4 Å². The average molecular weight is 332 g/mol. The SMILES string of the molecule is CC1CN(C)C(C)CC1Nc1cccc(Cl)c1Br. The molecule has 1 aromatic carbocycles. The third-order valence-corrected chi connectivity index (χ3v) is 5.30. The summed E-state index contributed by atoms with van der Waals surface area (Å²) in [5.74, 6) is 0.636. The Morgan fingerprint density at radius 1 is 1.39 bits per heavy atom. The Balaban J connectivity index is 2.11. The molecule has 1 aliphatic rings. The first-order chi connectivity index (χ1) is 8.49. The zero-order valence-corrected chi connectivity index (χ0v) is 13.4. The molecular weight excluding hydrogens is 312 g/mol. The number of halogens is 2. The molecule has 0 amide bonds. The predicted octanol–water partition coefficient (Wildman–Crippen LogP) is 4.24. The van der Waals surface area contributed by atoms with Crippen LogP contribution in [0.5, 0.6) is 0 Å². The number of anilines is 1. The summed E-state index contributed by atoms with van der Waals surface area (Å²) in [6, 6.07) is 7.09. The first-order valence-electron chi connectivity index (χ1n) is 6.40. The first kappa shape index (κ1) is 14.2. The minimum atomic E-state index is 0.506. The van der Waals surface area contributed by atoms with Crippen LogP contribution in [-0.4, -0.2) is 30.6 Å². The van der Waals surface area contributed by atoms with E-state index in [0.717, 1.165) is 28.1 Å². The van der Waals surface area contributed by atoms with Crippen LogP contribution in [-0.2, 0) is 0 Å². The van der Waals surface area contributed by atoms with Gasteiger partial charge in [0, 0.05) is 18.6 Å². The molecule has 0 radical (unpaired) electrons. The molecule has 0 aliphatic carbocycles. The molecule has 18 heavy (non-hydrogen) atoms. The Morgan fingerprint density at radius 3 is 2.83 bits per heavy atom. The van der Waals surface area contributed by atoms with Crippen LogP contribution in [0.4, 0.5) is 5.69 Å². The largest absolute Gasteiger partial charge is 0.381 e. The number of rotatable bonds is 2. The van der Waals surface area contributed by atoms with E-state index in [4.69, 9.17) is 11.6 Å². The van der Waals surface area contributed by atoms with Gasteiger partial charge in [-0.3, -0.25) is 0 Å². The molecule has 1 aliphatic heterocycles. The van der Waals surface area contributed by atoms with E-state index >= 15 is 0 Å². The van der Waals surface area contributed by atoms with E-state index in [9.17, 15) is 0 Å². The van der Waals surface area contributed by atoms with Gasteiger partial charge < -0.3 is 10.2 Å². The van der Waals surface area contributed by atoms with Crippen LogP contribution in [0.15, 0.2) is 22.7 Å². The van der Waals surface area contributed by atoms with Crippen molar-refractivity contribution in [3.05, 3.63) is 27.7 Å². The van der Waals surface area contributed by atoms with Crippen molar-refractivity contribution >= 4 is 33.2 Å². The second-order valence-electron chi connectivity index (χ2n) is 5.35. The average Bonchev–Trinajstić information content (AvgIpc) is 2.32. The van der Waals surface area contributed by atoms with E-state index in [1.807, 2.05) is 12.1 Å². The van der Waals surface area contributed by atoms with Crippen LogP contribution >= 0.6 is 27.5 Å². The molecule has 100 valence electrons. The molecule has 2 nitrogen and oxygen atoms in total. The van der Waals surface area contributed by atoms with E-state index < -0.39 is 0 Å². The highest BCUT2D eigenvalue weighted by molar-refractivity contribution is 9.10. The smallest absolute Gasteiger partial charge is 0.0593 e. The van der Waals surface area contributed by atoms with E-state index in [0.29, 0.717) is 18.0 Å². The number of benzene rings is 1. The van der Waals surface area contributed by atoms with Gasteiger partial charge in [0.05, 0.1) is 15.2 Å². The van der Waals surface area contributed by atoms with Gasteiger partial charge in [-0.15, -0.1) is 0 Å². The van der Waals surface area contributed by atoms with Gasteiger partial charge in [0.15, 0.2) is 0 Å². The lowest BCUT2D eigenvalue weighted by Crippen LogP contribution is -2.48. The Hall–Kier alpha value is -0.250. The van der Waals surface area contributed by atoms with Gasteiger partial charge in [0.1, 0.15) is 0 Å². The first-order valence-corrected chi connectivity index (χ1v) is 7.57. The molecule has 0 saturated carbocycles. The highest BCUT2D eigenvalue weighted by atomic mass is 79.9. The molecule has 1 aromatic rings. The van der Waals surface area contributed by atoms with Crippen LogP contribution in [0, 0.1) is 5.92 Å². The van der Waals surface area contributed by atoms with Crippen LogP contribution in [0.1, 0.15) is 20.3 Å². The van der Waals surface area contributed by atoms with Crippen molar-refractivity contribution in [3.63, 3.8) is 0 Å². The number of hydrogen-bond donors (Lipinski definition) is 1. The van der Waals surface area contributed by atoms with Gasteiger partial charge in [-0.2, -0.15) is 0 Å². The molecule has 0 bridgehead atoms. The standard InChI is InChI=1S/C14H20BrClN2/c1-9-8-18(3)10(2)7-13(9)17-12-6-4-5-11(16)14(12)15/h4-6,9-10,13,17H,7-8H2,1-3H3. The molecule has 4 heteroatoms. The summed E-state index contributed by atoms with van der Waals surface area (Å²) in [5, 5.41) is 4.39. The van der Waals surface area contributed by atoms with Crippen molar-refractivity contribution in [2.24, 2.45) is 5.92 Å². The second-order valence-corrected chi connectivity index (χ2v) is 6.55. The Labute approximate surface area is 123 Å². The summed E-state index contributed by atoms with van der Waals surface area (Å²) in [6.45, 7) is 5.73. The van der Waals surface area contributed by atoms with Crippen molar-refractivity contribution in [2.45, 2.75) is 32.4 Å². The molecule has 3 unspecified atom stereocenters. The summed E-state index contributed by atoms with van der Waals surface area (Å²) < 4.78 is 0.963. The van der Waals surface area contributed by atoms with E-state index in [1.54, 1.807) is 0 Å². The molecule has 0 spiro atoms. The molecular formula is C14H20BrClN2. The van der Waals surface area contributed by atoms with E-state index in [-0.39, 0.29) is 0 Å². The van der Waals surface area contributed by atoms with Crippen molar-refractivity contribution in [1.29, 1.82) is 0 Å². The minimum Gasteiger partial charge on any atom is -0.381 e. The third-order valence-electron chi connectivity index (χ3n) is 3.90. The highest BCUT2D eigenvalue weighted by Crippen LogP contribution is 2.32. The summed E-state index contributed by atoms with van der Waals surface area (Å²) in [4.78, 5) is 2.43. The fourth-order valence-corrected chi connectivity index (χ4v) is 3.11. The van der Waals surface area contributed by atoms with Crippen molar-refractivity contribution in [2.75, 3.05) is 18.9 Å². The summed E-state index contributed by atoms with van der Waals surface area (Å²) in [6.07, 6.45) is 1.16. The van der Waals surface area contributed by atoms with Crippen molar-refractivity contribution in [1.82, 2.24) is 4.90 Å². The molecule has 3 atom stereocenters. The van der Waals surface area contributed by atoms with Gasteiger partial charge in [0.2, 0.25) is 0 Å². The van der Waals surface area contributed by atoms with E-state index in [2.05, 4.69) is 53.1 Å². The monoisotopic (exact) mass is 330 g/mol. The Kier molecular flexibility index (Phi) is 4.57. The summed E-state index contributed by atoms with van der Waals surface area (Å²) in [7, 11) is 2.20. The zero-order chi connectivity index (χ0) is 13.3. The second kappa shape index (κ2) is 5.81. The van der Waals surface area contributed by atoms with Crippen molar-refractivity contribution in [3.8, 4) is 0 Å². The molecule has 1 fully saturated rings. The molecule has 1 saturated heterocycles. The predicted molar refractivity (Wildman–Crippen MR) is 82.4 cm³/mol. The van der Waals surface area contributed by atoms with Crippen LogP contribution < -0.4 is 5.32 Å². The van der Waals surface area contributed by atoms with Gasteiger partial charge >= 0.3 is 0 Å². The van der Waals surface area contributed by atoms with Crippen LogP contribution in [0.25, 0.3) is 0 Å². The quantitative estimate of drug-likeness (QED) is 0.872. The van der Waals surface area contributed by atoms with Gasteiger partial charge in [0.25, 0.3) is 0 Å². The number of likely N-dealkylation sites (tertiary alicyclic amines) is 1. The fourth-order valence-electron chi connectivity index (χ4n) is 2.56. The van der Waals surface area contributed by atoms with Gasteiger partial charge in [-0.25, -0.2) is 0 Å². The normalized spacial score (nSPS) is 29.3. The lowest BCUT2D eigenvalue weighted by atomic mass is 9.89. The van der Waals surface area contributed by atoms with Crippen LogP contribution in [0.3, 0.4) is 0 Å². The lowest BCUT2D eigenvalue weighted by Gasteiger charge is -2.40. The number of nitrogens with zero attached hydrogens (tertiary/aromatic N) is 1. The number of nitrogens with one attached hydrogen (secondary N) is 1. The maximum Gasteiger partial charge on any atom is 0.0593 e. The Morgan fingerprint density at radius 2 is 2.11 bits per heavy atom. The number of piperidine rings is 1. The molecule has 1 heterocycles. The van der Waals surface area contributed by atoms with Crippen LogP contribution in [0.2, 0.25) is 5.02 Å². The third kappa shape index (κ3) is 3.01. The molecule has 2 rings (SSSR count). The molecule has 1 N–H and O–H groups in total. The van der Waals surface area contributed by atoms with E-state index in [1.165, 1.54) is 0 Å². The molecule has 0 aromatic heterocycles. The topological polar surface area (TPSA) is 15.3 Å². The summed E-state index contributed by atoms with van der Waals surface area (Å²) in [5.41, 5.74) is 1.09. The zero-order valence-electron chi connectivity index (χ0n) is 11.1. The maximum atomic E-state index is 6.12. The Bertz CT molecular complexity index is 424. The fraction of sp³-hybridized carbons (Fsp3) is 0.571. The highest BCUT2D eigenvalue weighted by Gasteiger charge is 2.29.